The zero-order valence-corrected chi connectivity index (χ0v) is 8.46. The van der Waals surface area contributed by atoms with E-state index in [-0.39, 0.29) is 5.82 Å². The molecule has 1 aliphatic carbocycles. The third kappa shape index (κ3) is 1.75. The summed E-state index contributed by atoms with van der Waals surface area (Å²) in [6, 6.07) is 4.57. The van der Waals surface area contributed by atoms with Crippen LogP contribution in [0.1, 0.15) is 30.4 Å². The van der Waals surface area contributed by atoms with Gasteiger partial charge in [0.2, 0.25) is 0 Å². The minimum Gasteiger partial charge on any atom is -0.385 e. The van der Waals surface area contributed by atoms with E-state index in [1.807, 2.05) is 0 Å². The average molecular weight is 204 g/mol. The van der Waals surface area contributed by atoms with Gasteiger partial charge in [0.1, 0.15) is 5.82 Å². The van der Waals surface area contributed by atoms with E-state index >= 15 is 0 Å². The lowest BCUT2D eigenvalue weighted by molar-refractivity contribution is 0.0310. The largest absolute Gasteiger partial charge is 0.385 e. The molecule has 1 N–H and O–H groups in total. The minimum absolute atomic E-state index is 0.241. The maximum absolute atomic E-state index is 13.0. The Morgan fingerprint density at radius 1 is 1.53 bits per heavy atom. The summed E-state index contributed by atoms with van der Waals surface area (Å²) in [6.07, 6.45) is 7.67. The first-order valence-corrected chi connectivity index (χ1v) is 5.10. The number of benzene rings is 1. The average Bonchev–Trinajstić information content (AvgIpc) is 2.54. The number of rotatable bonds is 2. The number of hydrogen-bond donors (Lipinski definition) is 1. The Morgan fingerprint density at radius 2 is 2.33 bits per heavy atom. The van der Waals surface area contributed by atoms with Gasteiger partial charge in [-0.25, -0.2) is 4.39 Å². The minimum atomic E-state index is -0.838. The Labute approximate surface area is 88.9 Å². The molecule has 2 rings (SSSR count). The number of halogens is 1. The lowest BCUT2D eigenvalue weighted by atomic mass is 9.91. The van der Waals surface area contributed by atoms with E-state index in [4.69, 9.17) is 6.42 Å². The third-order valence-corrected chi connectivity index (χ3v) is 3.06. The normalized spacial score (nSPS) is 23.5. The Balaban J connectivity index is 2.32. The summed E-state index contributed by atoms with van der Waals surface area (Å²) in [4.78, 5) is 0. The molecule has 0 fully saturated rings. The first-order valence-electron chi connectivity index (χ1n) is 5.10. The van der Waals surface area contributed by atoms with Crippen LogP contribution < -0.4 is 0 Å². The fourth-order valence-electron chi connectivity index (χ4n) is 2.24. The van der Waals surface area contributed by atoms with Crippen LogP contribution in [0.25, 0.3) is 0 Å². The molecule has 0 aliphatic heterocycles. The molecular weight excluding hydrogens is 191 g/mol. The molecule has 1 nitrogen and oxygen atoms in total. The van der Waals surface area contributed by atoms with Gasteiger partial charge in [0, 0.05) is 6.42 Å². The van der Waals surface area contributed by atoms with Crippen molar-refractivity contribution in [2.24, 2.45) is 0 Å². The van der Waals surface area contributed by atoms with Crippen molar-refractivity contribution in [2.45, 2.75) is 31.3 Å². The molecule has 0 radical (unpaired) electrons. The van der Waals surface area contributed by atoms with Gasteiger partial charge in [-0.05, 0) is 42.5 Å². The quantitative estimate of drug-likeness (QED) is 0.733. The summed E-state index contributed by atoms with van der Waals surface area (Å²) < 4.78 is 13.0. The van der Waals surface area contributed by atoms with Gasteiger partial charge in [-0.3, -0.25) is 0 Å². The fraction of sp³-hybridized carbons (Fsp3) is 0.385. The second-order valence-corrected chi connectivity index (χ2v) is 4.04. The predicted octanol–water partition coefficient (Wildman–Crippen LogP) is 2.37. The number of aryl methyl sites for hydroxylation is 1. The molecule has 1 unspecified atom stereocenters. The highest BCUT2D eigenvalue weighted by Gasteiger charge is 2.35. The van der Waals surface area contributed by atoms with Crippen molar-refractivity contribution in [3.05, 3.63) is 35.1 Å². The lowest BCUT2D eigenvalue weighted by Crippen LogP contribution is -2.21. The first-order chi connectivity index (χ1) is 7.15. The van der Waals surface area contributed by atoms with E-state index in [2.05, 4.69) is 5.92 Å². The van der Waals surface area contributed by atoms with Crippen molar-refractivity contribution in [1.82, 2.24) is 0 Å². The fourth-order valence-corrected chi connectivity index (χ4v) is 2.24. The van der Waals surface area contributed by atoms with E-state index < -0.39 is 5.60 Å². The first kappa shape index (κ1) is 10.2. The molecule has 0 spiro atoms. The van der Waals surface area contributed by atoms with E-state index in [1.165, 1.54) is 12.1 Å². The van der Waals surface area contributed by atoms with E-state index in [9.17, 15) is 9.50 Å². The van der Waals surface area contributed by atoms with Gasteiger partial charge in [-0.1, -0.05) is 6.07 Å². The van der Waals surface area contributed by atoms with Crippen LogP contribution in [0.3, 0.4) is 0 Å². The van der Waals surface area contributed by atoms with Crippen LogP contribution in [0.4, 0.5) is 4.39 Å². The van der Waals surface area contributed by atoms with Crippen molar-refractivity contribution >= 4 is 0 Å². The van der Waals surface area contributed by atoms with Gasteiger partial charge < -0.3 is 5.11 Å². The summed E-state index contributed by atoms with van der Waals surface area (Å²) in [6.45, 7) is 0. The maximum atomic E-state index is 13.0. The molecule has 0 bridgehead atoms. The molecule has 1 aliphatic rings. The predicted molar refractivity (Wildman–Crippen MR) is 56.7 cm³/mol. The smallest absolute Gasteiger partial charge is 0.123 e. The molecule has 1 atom stereocenters. The summed E-state index contributed by atoms with van der Waals surface area (Å²) in [5.41, 5.74) is 0.920. The zero-order chi connectivity index (χ0) is 10.9. The van der Waals surface area contributed by atoms with Gasteiger partial charge in [0.05, 0.1) is 5.60 Å². The van der Waals surface area contributed by atoms with Crippen LogP contribution >= 0.6 is 0 Å². The molecular formula is C13H13FO. The summed E-state index contributed by atoms with van der Waals surface area (Å²) in [5, 5.41) is 10.3. The zero-order valence-electron chi connectivity index (χ0n) is 8.46. The molecule has 0 aromatic heterocycles. The Bertz CT molecular complexity index is 419. The number of hydrogen-bond acceptors (Lipinski definition) is 1. The topological polar surface area (TPSA) is 20.2 Å². The van der Waals surface area contributed by atoms with Gasteiger partial charge in [-0.2, -0.15) is 0 Å². The van der Waals surface area contributed by atoms with E-state index in [0.717, 1.165) is 17.5 Å². The summed E-state index contributed by atoms with van der Waals surface area (Å²) in [7, 11) is 0. The molecule has 15 heavy (non-hydrogen) atoms. The Hall–Kier alpha value is -1.33. The van der Waals surface area contributed by atoms with Crippen LogP contribution in [0.15, 0.2) is 18.2 Å². The number of terminal acetylenes is 1. The molecule has 78 valence electrons. The molecule has 0 saturated heterocycles. The highest BCUT2D eigenvalue weighted by molar-refractivity contribution is 5.37. The number of aliphatic hydroxyl groups is 1. The number of fused-ring (bicyclic) bond motifs is 1. The molecule has 0 heterocycles. The van der Waals surface area contributed by atoms with E-state index in [1.54, 1.807) is 6.07 Å². The van der Waals surface area contributed by atoms with Crippen LogP contribution in [-0.4, -0.2) is 5.11 Å². The van der Waals surface area contributed by atoms with Gasteiger partial charge in [0.25, 0.3) is 0 Å². The third-order valence-electron chi connectivity index (χ3n) is 3.06. The van der Waals surface area contributed by atoms with Crippen LogP contribution in [0, 0.1) is 18.2 Å². The highest BCUT2D eigenvalue weighted by Crippen LogP contribution is 2.40. The van der Waals surface area contributed by atoms with Crippen LogP contribution in [0.2, 0.25) is 0 Å². The summed E-state index contributed by atoms with van der Waals surface area (Å²) in [5.74, 6) is 2.29. The Kier molecular flexibility index (Phi) is 2.50. The molecule has 1 aromatic carbocycles. The highest BCUT2D eigenvalue weighted by atomic mass is 19.1. The second-order valence-electron chi connectivity index (χ2n) is 4.04. The van der Waals surface area contributed by atoms with Crippen LogP contribution in [-0.2, 0) is 12.0 Å². The Morgan fingerprint density at radius 3 is 3.07 bits per heavy atom. The van der Waals surface area contributed by atoms with Crippen molar-refractivity contribution in [3.63, 3.8) is 0 Å². The van der Waals surface area contributed by atoms with Crippen molar-refractivity contribution in [2.75, 3.05) is 0 Å². The van der Waals surface area contributed by atoms with Crippen molar-refractivity contribution < 1.29 is 9.50 Å². The maximum Gasteiger partial charge on any atom is 0.123 e. The molecule has 1 aromatic rings. The van der Waals surface area contributed by atoms with Crippen LogP contribution in [0.5, 0.6) is 0 Å². The van der Waals surface area contributed by atoms with Gasteiger partial charge >= 0.3 is 0 Å². The van der Waals surface area contributed by atoms with E-state index in [0.29, 0.717) is 19.3 Å². The standard InChI is InChI=1S/C13H13FO/c1-2-3-7-13(15)8-6-10-9-11(14)4-5-12(10)13/h1,4-5,9,15H,3,6-8H2. The summed E-state index contributed by atoms with van der Waals surface area (Å²) >= 11 is 0. The lowest BCUT2D eigenvalue weighted by Gasteiger charge is -2.22. The van der Waals surface area contributed by atoms with Crippen molar-refractivity contribution in [1.29, 1.82) is 0 Å². The second kappa shape index (κ2) is 3.67. The molecule has 0 saturated carbocycles. The molecule has 0 amide bonds. The molecule has 2 heteroatoms. The van der Waals surface area contributed by atoms with Crippen molar-refractivity contribution in [3.8, 4) is 12.3 Å². The SMILES string of the molecule is C#CCCC1(O)CCc2cc(F)ccc21. The van der Waals surface area contributed by atoms with Gasteiger partial charge in [-0.15, -0.1) is 12.3 Å². The monoisotopic (exact) mass is 204 g/mol. The van der Waals surface area contributed by atoms with Gasteiger partial charge in [0.15, 0.2) is 0 Å².